The topological polar surface area (TPSA) is 68.3 Å². The fraction of sp³-hybridized carbons (Fsp3) is 0. The first-order chi connectivity index (χ1) is 14.8. The second kappa shape index (κ2) is 6.63. The van der Waals surface area contributed by atoms with Gasteiger partial charge in [-0.2, -0.15) is 0 Å². The maximum atomic E-state index is 4.87. The highest BCUT2D eigenvalue weighted by Crippen LogP contribution is 2.22. The first-order valence-electron chi connectivity index (χ1n) is 9.59. The van der Waals surface area contributed by atoms with Crippen molar-refractivity contribution in [3.63, 3.8) is 0 Å². The van der Waals surface area contributed by atoms with Crippen molar-refractivity contribution in [1.82, 2.24) is 24.9 Å². The Kier molecular flexibility index (Phi) is 3.67. The molecule has 0 spiro atoms. The van der Waals surface area contributed by atoms with E-state index in [4.69, 9.17) is 4.98 Å². The second-order valence-corrected chi connectivity index (χ2v) is 7.01. The number of aromatic nitrogens is 6. The summed E-state index contributed by atoms with van der Waals surface area (Å²) in [5.74, 6) is 0.798. The molecule has 0 aromatic carbocycles. The molecule has 0 saturated carbocycles. The van der Waals surface area contributed by atoms with Crippen LogP contribution in [0, 0.1) is 0 Å². The summed E-state index contributed by atoms with van der Waals surface area (Å²) in [5, 5.41) is 2.07. The Morgan fingerprint density at radius 2 is 1.57 bits per heavy atom. The van der Waals surface area contributed by atoms with Crippen LogP contribution in [0.15, 0.2) is 91.6 Å². The highest BCUT2D eigenvalue weighted by molar-refractivity contribution is 5.83. The summed E-state index contributed by atoms with van der Waals surface area (Å²) in [4.78, 5) is 22.8. The van der Waals surface area contributed by atoms with Crippen LogP contribution in [0.25, 0.3) is 50.0 Å². The highest BCUT2D eigenvalue weighted by atomic mass is 15.1. The van der Waals surface area contributed by atoms with Crippen molar-refractivity contribution in [3.8, 4) is 17.1 Å². The summed E-state index contributed by atoms with van der Waals surface area (Å²) in [6, 6.07) is 19.9. The van der Waals surface area contributed by atoms with Gasteiger partial charge in [-0.05, 0) is 53.5 Å². The second-order valence-electron chi connectivity index (χ2n) is 7.01. The molecule has 6 nitrogen and oxygen atoms in total. The Hall–Kier alpha value is -4.32. The summed E-state index contributed by atoms with van der Waals surface area (Å²) < 4.78 is 1.97. The minimum Gasteiger partial charge on any atom is -0.255 e. The Balaban J connectivity index is 1.46. The molecule has 0 atom stereocenters. The summed E-state index contributed by atoms with van der Waals surface area (Å²) >= 11 is 0. The third-order valence-corrected chi connectivity index (χ3v) is 5.09. The molecule has 0 fully saturated rings. The van der Waals surface area contributed by atoms with Crippen LogP contribution in [0.1, 0.15) is 0 Å². The first kappa shape index (κ1) is 16.6. The zero-order valence-electron chi connectivity index (χ0n) is 15.8. The standard InChI is InChI=1S/C24H15N6/c1-3-17-6-8-23(29-24(17)26-11-1)30-12-9-16-5-7-19(28-22(16)15-30)18-13-21-20(27-14-18)4-2-10-25-21/h1-15H/q+1. The van der Waals surface area contributed by atoms with Gasteiger partial charge in [0.2, 0.25) is 0 Å². The van der Waals surface area contributed by atoms with Crippen molar-refractivity contribution in [2.45, 2.75) is 0 Å². The minimum atomic E-state index is 0.721. The number of nitrogens with zero attached hydrogens (tertiary/aromatic N) is 6. The quantitative estimate of drug-likeness (QED) is 0.419. The zero-order chi connectivity index (χ0) is 19.9. The molecule has 0 aliphatic carbocycles. The van der Waals surface area contributed by atoms with Gasteiger partial charge in [0.15, 0.2) is 0 Å². The number of hydrogen-bond donors (Lipinski definition) is 0. The molecule has 6 heteroatoms. The minimum absolute atomic E-state index is 0.721. The average Bonchev–Trinajstić information content (AvgIpc) is 2.82. The molecule has 6 rings (SSSR count). The maximum absolute atomic E-state index is 4.87. The monoisotopic (exact) mass is 387 g/mol. The van der Waals surface area contributed by atoms with Crippen LogP contribution in [0.3, 0.4) is 0 Å². The van der Waals surface area contributed by atoms with Crippen LogP contribution in [0.2, 0.25) is 0 Å². The molecule has 0 saturated heterocycles. The Morgan fingerprint density at radius 3 is 2.57 bits per heavy atom. The van der Waals surface area contributed by atoms with Gasteiger partial charge in [-0.15, -0.1) is 0 Å². The fourth-order valence-electron chi connectivity index (χ4n) is 3.55. The Morgan fingerprint density at radius 1 is 0.667 bits per heavy atom. The predicted molar refractivity (Wildman–Crippen MR) is 115 cm³/mol. The largest absolute Gasteiger partial charge is 0.330 e. The molecule has 30 heavy (non-hydrogen) atoms. The van der Waals surface area contributed by atoms with Gasteiger partial charge in [-0.1, -0.05) is 6.07 Å². The molecule has 140 valence electrons. The third kappa shape index (κ3) is 2.82. The third-order valence-electron chi connectivity index (χ3n) is 5.09. The van der Waals surface area contributed by atoms with E-state index in [1.807, 2.05) is 77.8 Å². The van der Waals surface area contributed by atoms with Crippen molar-refractivity contribution >= 4 is 33.0 Å². The van der Waals surface area contributed by atoms with E-state index in [0.29, 0.717) is 0 Å². The van der Waals surface area contributed by atoms with Gasteiger partial charge >= 0.3 is 5.82 Å². The van der Waals surface area contributed by atoms with Gasteiger partial charge in [0.25, 0.3) is 5.65 Å². The van der Waals surface area contributed by atoms with E-state index in [9.17, 15) is 0 Å². The lowest BCUT2D eigenvalue weighted by atomic mass is 10.1. The van der Waals surface area contributed by atoms with Crippen LogP contribution in [-0.4, -0.2) is 24.9 Å². The lowest BCUT2D eigenvalue weighted by molar-refractivity contribution is -0.598. The van der Waals surface area contributed by atoms with Crippen LogP contribution in [0.5, 0.6) is 0 Å². The van der Waals surface area contributed by atoms with E-state index in [2.05, 4.69) is 26.0 Å². The zero-order valence-corrected chi connectivity index (χ0v) is 15.8. The van der Waals surface area contributed by atoms with Crippen LogP contribution >= 0.6 is 0 Å². The molecule has 0 N–H and O–H groups in total. The van der Waals surface area contributed by atoms with Crippen molar-refractivity contribution in [2.75, 3.05) is 0 Å². The Labute approximate surface area is 171 Å². The van der Waals surface area contributed by atoms with Gasteiger partial charge < -0.3 is 0 Å². The lowest BCUT2D eigenvalue weighted by Gasteiger charge is -2.05. The molecule has 0 aliphatic heterocycles. The fourth-order valence-corrected chi connectivity index (χ4v) is 3.55. The van der Waals surface area contributed by atoms with E-state index < -0.39 is 0 Å². The molecule has 0 unspecified atom stereocenters. The number of rotatable bonds is 2. The van der Waals surface area contributed by atoms with Crippen LogP contribution < -0.4 is 4.57 Å². The van der Waals surface area contributed by atoms with Crippen LogP contribution in [0.4, 0.5) is 0 Å². The number of hydrogen-bond acceptors (Lipinski definition) is 5. The lowest BCUT2D eigenvalue weighted by Crippen LogP contribution is -2.30. The summed E-state index contributed by atoms with van der Waals surface area (Å²) in [6.07, 6.45) is 9.34. The van der Waals surface area contributed by atoms with Gasteiger partial charge in [0.1, 0.15) is 11.7 Å². The average molecular weight is 387 g/mol. The molecule has 0 amide bonds. The normalized spacial score (nSPS) is 11.3. The molecular weight excluding hydrogens is 372 g/mol. The van der Waals surface area contributed by atoms with Crippen molar-refractivity contribution in [1.29, 1.82) is 0 Å². The first-order valence-corrected chi connectivity index (χ1v) is 9.59. The smallest absolute Gasteiger partial charge is 0.255 e. The predicted octanol–water partition coefficient (Wildman–Crippen LogP) is 4.06. The van der Waals surface area contributed by atoms with E-state index in [1.165, 1.54) is 0 Å². The summed E-state index contributed by atoms with van der Waals surface area (Å²) in [5.41, 5.74) is 5.11. The summed E-state index contributed by atoms with van der Waals surface area (Å²) in [6.45, 7) is 0. The van der Waals surface area contributed by atoms with Gasteiger partial charge in [-0.3, -0.25) is 9.97 Å². The SMILES string of the molecule is c1cnc2nc(-[n+]3ccc4ccc(-c5cnc6cccnc6c5)nc4c3)ccc2c1. The molecule has 0 radical (unpaired) electrons. The molecule has 6 heterocycles. The van der Waals surface area contributed by atoms with Gasteiger partial charge in [-0.25, -0.2) is 14.5 Å². The highest BCUT2D eigenvalue weighted by Gasteiger charge is 2.12. The maximum Gasteiger partial charge on any atom is 0.330 e. The van der Waals surface area contributed by atoms with E-state index in [0.717, 1.165) is 50.0 Å². The van der Waals surface area contributed by atoms with E-state index in [-0.39, 0.29) is 0 Å². The molecular formula is C24H15N6+. The van der Waals surface area contributed by atoms with E-state index in [1.54, 1.807) is 12.4 Å². The number of fused-ring (bicyclic) bond motifs is 3. The summed E-state index contributed by atoms with van der Waals surface area (Å²) in [7, 11) is 0. The van der Waals surface area contributed by atoms with E-state index >= 15 is 0 Å². The van der Waals surface area contributed by atoms with Crippen LogP contribution in [-0.2, 0) is 0 Å². The molecule has 6 aromatic heterocycles. The van der Waals surface area contributed by atoms with Crippen molar-refractivity contribution < 1.29 is 4.57 Å². The van der Waals surface area contributed by atoms with Gasteiger partial charge in [0.05, 0.1) is 22.9 Å². The Bertz CT molecular complexity index is 1450. The van der Waals surface area contributed by atoms with Gasteiger partial charge in [0, 0.05) is 41.0 Å². The molecule has 0 aliphatic rings. The molecule has 0 bridgehead atoms. The molecule has 6 aromatic rings. The van der Waals surface area contributed by atoms with Crippen molar-refractivity contribution in [2.24, 2.45) is 0 Å². The number of pyridine rings is 6. The van der Waals surface area contributed by atoms with Crippen molar-refractivity contribution in [3.05, 3.63) is 91.6 Å².